The minimum absolute atomic E-state index is 0.180. The van der Waals surface area contributed by atoms with Crippen molar-refractivity contribution in [3.63, 3.8) is 0 Å². The van der Waals surface area contributed by atoms with Crippen LogP contribution in [0, 0.1) is 16.0 Å². The van der Waals surface area contributed by atoms with Gasteiger partial charge in [0.2, 0.25) is 6.54 Å². The fourth-order valence-corrected chi connectivity index (χ4v) is 2.21. The molecule has 1 heterocycles. The van der Waals surface area contributed by atoms with Crippen molar-refractivity contribution in [2.24, 2.45) is 5.92 Å². The molecule has 0 aliphatic carbocycles. The molecule has 0 aromatic carbocycles. The van der Waals surface area contributed by atoms with Crippen LogP contribution in [-0.2, 0) is 4.79 Å². The summed E-state index contributed by atoms with van der Waals surface area (Å²) in [5.41, 5.74) is 0. The van der Waals surface area contributed by atoms with Gasteiger partial charge in [-0.1, -0.05) is 13.0 Å². The first-order valence-electron chi connectivity index (χ1n) is 4.25. The molecule has 0 amide bonds. The van der Waals surface area contributed by atoms with Crippen LogP contribution in [0.1, 0.15) is 17.7 Å². The summed E-state index contributed by atoms with van der Waals surface area (Å²) in [6.07, 6.45) is 0.772. The highest BCUT2D eigenvalue weighted by molar-refractivity contribution is 7.10. The lowest BCUT2D eigenvalue weighted by molar-refractivity contribution is -0.484. The maximum absolute atomic E-state index is 10.6. The second-order valence-electron chi connectivity index (χ2n) is 3.13. The fraction of sp³-hybridized carbons (Fsp3) is 0.444. The number of hydrogen-bond acceptors (Lipinski definition) is 4. The Morgan fingerprint density at radius 1 is 1.71 bits per heavy atom. The van der Waals surface area contributed by atoms with Crippen LogP contribution in [0.2, 0.25) is 0 Å². The van der Waals surface area contributed by atoms with Gasteiger partial charge in [0, 0.05) is 15.7 Å². The van der Waals surface area contributed by atoms with E-state index in [0.717, 1.165) is 11.2 Å². The summed E-state index contributed by atoms with van der Waals surface area (Å²) in [4.78, 5) is 21.6. The van der Waals surface area contributed by atoms with E-state index in [2.05, 4.69) is 0 Å². The highest BCUT2D eigenvalue weighted by Gasteiger charge is 2.24. The van der Waals surface area contributed by atoms with E-state index < -0.39 is 0 Å². The molecule has 4 nitrogen and oxygen atoms in total. The molecule has 0 bridgehead atoms. The normalized spacial score (nSPS) is 14.6. The van der Waals surface area contributed by atoms with Crippen molar-refractivity contribution in [3.05, 3.63) is 32.5 Å². The highest BCUT2D eigenvalue weighted by atomic mass is 32.1. The van der Waals surface area contributed by atoms with Crippen LogP contribution >= 0.6 is 11.3 Å². The molecule has 1 aromatic rings. The Morgan fingerprint density at radius 3 is 2.86 bits per heavy atom. The molecular formula is C9H11NO3S. The Hall–Kier alpha value is -1.23. The molecule has 0 aliphatic heterocycles. The van der Waals surface area contributed by atoms with Gasteiger partial charge in [-0.3, -0.25) is 10.1 Å². The Labute approximate surface area is 85.7 Å². The first kappa shape index (κ1) is 10.8. The van der Waals surface area contributed by atoms with Crippen molar-refractivity contribution in [2.75, 3.05) is 6.54 Å². The van der Waals surface area contributed by atoms with Gasteiger partial charge in [-0.05, 0) is 11.4 Å². The third-order valence-electron chi connectivity index (χ3n) is 2.10. The van der Waals surface area contributed by atoms with Gasteiger partial charge in [0.05, 0.1) is 5.92 Å². The van der Waals surface area contributed by atoms with Crippen LogP contribution in [0.5, 0.6) is 0 Å². The maximum Gasteiger partial charge on any atom is 0.212 e. The van der Waals surface area contributed by atoms with Crippen molar-refractivity contribution < 1.29 is 9.72 Å². The third-order valence-corrected chi connectivity index (χ3v) is 3.11. The summed E-state index contributed by atoms with van der Waals surface area (Å²) in [6.45, 7) is 1.53. The highest BCUT2D eigenvalue weighted by Crippen LogP contribution is 2.27. The second kappa shape index (κ2) is 4.85. The maximum atomic E-state index is 10.6. The van der Waals surface area contributed by atoms with E-state index in [-0.39, 0.29) is 23.3 Å². The third kappa shape index (κ3) is 2.63. The van der Waals surface area contributed by atoms with Gasteiger partial charge in [-0.2, -0.15) is 0 Å². The molecule has 1 rings (SSSR count). The van der Waals surface area contributed by atoms with Crippen molar-refractivity contribution in [2.45, 2.75) is 12.8 Å². The van der Waals surface area contributed by atoms with Crippen molar-refractivity contribution in [1.82, 2.24) is 0 Å². The number of nitro groups is 1. The molecule has 0 fully saturated rings. The smallest absolute Gasteiger partial charge is 0.212 e. The zero-order valence-electron chi connectivity index (χ0n) is 7.75. The van der Waals surface area contributed by atoms with Crippen LogP contribution < -0.4 is 0 Å². The lowest BCUT2D eigenvalue weighted by atomic mass is 9.94. The van der Waals surface area contributed by atoms with Crippen molar-refractivity contribution >= 4 is 17.6 Å². The average Bonchev–Trinajstić information content (AvgIpc) is 2.65. The molecule has 5 heteroatoms. The summed E-state index contributed by atoms with van der Waals surface area (Å²) in [5, 5.41) is 12.3. The minimum atomic E-state index is -0.371. The monoisotopic (exact) mass is 213 g/mol. The zero-order chi connectivity index (χ0) is 10.6. The zero-order valence-corrected chi connectivity index (χ0v) is 8.57. The Kier molecular flexibility index (Phi) is 3.76. The average molecular weight is 213 g/mol. The molecule has 0 spiro atoms. The summed E-state index contributed by atoms with van der Waals surface area (Å²) >= 11 is 1.45. The number of hydrogen-bond donors (Lipinski definition) is 0. The Morgan fingerprint density at radius 2 is 2.43 bits per heavy atom. The number of carbonyl (C=O) groups excluding carboxylic acids is 1. The minimum Gasteiger partial charge on any atom is -0.303 e. The van der Waals surface area contributed by atoms with Crippen LogP contribution in [0.15, 0.2) is 17.5 Å². The van der Waals surface area contributed by atoms with Gasteiger partial charge in [-0.15, -0.1) is 11.3 Å². The Bertz CT molecular complexity index is 310. The van der Waals surface area contributed by atoms with Gasteiger partial charge in [0.25, 0.3) is 0 Å². The predicted octanol–water partition coefficient (Wildman–Crippen LogP) is 1.94. The molecular weight excluding hydrogens is 202 g/mol. The van der Waals surface area contributed by atoms with Gasteiger partial charge >= 0.3 is 0 Å². The van der Waals surface area contributed by atoms with Gasteiger partial charge in [0.1, 0.15) is 6.29 Å². The number of aldehydes is 1. The van der Waals surface area contributed by atoms with Gasteiger partial charge < -0.3 is 4.79 Å². The fourth-order valence-electron chi connectivity index (χ4n) is 1.27. The molecule has 1 aromatic heterocycles. The topological polar surface area (TPSA) is 60.2 Å². The van der Waals surface area contributed by atoms with Gasteiger partial charge in [-0.25, -0.2) is 0 Å². The first-order valence-corrected chi connectivity index (χ1v) is 5.13. The predicted molar refractivity (Wildman–Crippen MR) is 54.1 cm³/mol. The van der Waals surface area contributed by atoms with E-state index in [0.29, 0.717) is 0 Å². The molecule has 14 heavy (non-hydrogen) atoms. The van der Waals surface area contributed by atoms with Crippen molar-refractivity contribution in [3.8, 4) is 0 Å². The molecule has 2 atom stereocenters. The second-order valence-corrected chi connectivity index (χ2v) is 4.11. The van der Waals surface area contributed by atoms with E-state index in [9.17, 15) is 14.9 Å². The summed E-state index contributed by atoms with van der Waals surface area (Å²) < 4.78 is 0. The Balaban J connectivity index is 2.82. The van der Waals surface area contributed by atoms with Crippen LogP contribution in [-0.4, -0.2) is 17.8 Å². The van der Waals surface area contributed by atoms with E-state index >= 15 is 0 Å². The molecule has 0 unspecified atom stereocenters. The summed E-state index contributed by atoms with van der Waals surface area (Å²) in [6, 6.07) is 3.67. The van der Waals surface area contributed by atoms with E-state index in [1.54, 1.807) is 6.92 Å². The molecule has 76 valence electrons. The number of nitrogens with zero attached hydrogens (tertiary/aromatic N) is 1. The molecule has 0 N–H and O–H groups in total. The SMILES string of the molecule is C[C@@H](C=O)[C@H](C[N+](=O)[O-])c1cccs1. The van der Waals surface area contributed by atoms with Gasteiger partial charge in [0.15, 0.2) is 0 Å². The lowest BCUT2D eigenvalue weighted by Crippen LogP contribution is -2.19. The summed E-state index contributed by atoms with van der Waals surface area (Å²) in [7, 11) is 0. The number of thiophene rings is 1. The van der Waals surface area contributed by atoms with Crippen LogP contribution in [0.4, 0.5) is 0 Å². The van der Waals surface area contributed by atoms with Crippen molar-refractivity contribution in [1.29, 1.82) is 0 Å². The first-order chi connectivity index (χ1) is 6.65. The number of rotatable bonds is 5. The van der Waals surface area contributed by atoms with E-state index in [1.165, 1.54) is 11.3 Å². The molecule has 0 radical (unpaired) electrons. The quantitative estimate of drug-likeness (QED) is 0.426. The van der Waals surface area contributed by atoms with Crippen LogP contribution in [0.25, 0.3) is 0 Å². The molecule has 0 saturated heterocycles. The largest absolute Gasteiger partial charge is 0.303 e. The lowest BCUT2D eigenvalue weighted by Gasteiger charge is -2.13. The molecule has 0 saturated carbocycles. The van der Waals surface area contributed by atoms with E-state index in [4.69, 9.17) is 0 Å². The van der Waals surface area contributed by atoms with Crippen LogP contribution in [0.3, 0.4) is 0 Å². The van der Waals surface area contributed by atoms with E-state index in [1.807, 2.05) is 17.5 Å². The number of carbonyl (C=O) groups is 1. The summed E-state index contributed by atoms with van der Waals surface area (Å²) in [5.74, 6) is -0.596. The standard InChI is InChI=1S/C9H11NO3S/c1-7(6-11)8(5-10(12)13)9-3-2-4-14-9/h2-4,6-8H,5H2,1H3/t7-,8-/m0/s1. The molecule has 0 aliphatic rings.